The molecule has 0 bridgehead atoms. The number of halogens is 1. The molecule has 0 aliphatic carbocycles. The van der Waals surface area contributed by atoms with Crippen LogP contribution in [0.25, 0.3) is 0 Å². The lowest BCUT2D eigenvalue weighted by atomic mass is 10.2. The number of anilines is 1. The molecule has 0 aliphatic rings. The summed E-state index contributed by atoms with van der Waals surface area (Å²) in [5, 5.41) is 0. The minimum atomic E-state index is -3.76. The van der Waals surface area contributed by atoms with Gasteiger partial charge in [0.2, 0.25) is 0 Å². The molecule has 8 heteroatoms. The highest BCUT2D eigenvalue weighted by Crippen LogP contribution is 2.16. The predicted molar refractivity (Wildman–Crippen MR) is 73.1 cm³/mol. The smallest absolute Gasteiger partial charge is 0.299 e. The highest BCUT2D eigenvalue weighted by molar-refractivity contribution is 7.90. The first-order chi connectivity index (χ1) is 8.35. The van der Waals surface area contributed by atoms with Gasteiger partial charge in [-0.25, -0.2) is 4.39 Å². The van der Waals surface area contributed by atoms with E-state index in [9.17, 15) is 12.8 Å². The predicted octanol–water partition coefficient (Wildman–Crippen LogP) is 1.12. The molecular weight excluding hydrogens is 277 g/mol. The maximum atomic E-state index is 13.6. The Bertz CT molecular complexity index is 546. The minimum absolute atomic E-state index is 0.0485. The molecule has 0 saturated heterocycles. The lowest BCUT2D eigenvalue weighted by Crippen LogP contribution is -2.31. The Morgan fingerprint density at radius 2 is 2.17 bits per heavy atom. The minimum Gasteiger partial charge on any atom is -0.389 e. The molecule has 1 aromatic carbocycles. The van der Waals surface area contributed by atoms with Gasteiger partial charge in [0.25, 0.3) is 10.2 Å². The van der Waals surface area contributed by atoms with Crippen LogP contribution >= 0.6 is 12.2 Å². The van der Waals surface area contributed by atoms with Crippen LogP contribution in [0.3, 0.4) is 0 Å². The van der Waals surface area contributed by atoms with Crippen molar-refractivity contribution < 1.29 is 12.8 Å². The van der Waals surface area contributed by atoms with E-state index in [4.69, 9.17) is 18.0 Å². The summed E-state index contributed by atoms with van der Waals surface area (Å²) in [5.41, 5.74) is 5.53. The van der Waals surface area contributed by atoms with Crippen LogP contribution in [0.15, 0.2) is 18.2 Å². The number of rotatable bonds is 6. The van der Waals surface area contributed by atoms with Crippen molar-refractivity contribution in [3.63, 3.8) is 0 Å². The SMILES string of the molecule is CCCNS(=O)(=O)Nc1ccc(C(N)=S)cc1F. The van der Waals surface area contributed by atoms with Gasteiger partial charge in [-0.05, 0) is 24.6 Å². The standard InChI is InChI=1S/C10H14FN3O2S2/c1-2-5-13-18(15,16)14-9-4-3-7(10(12)17)6-8(9)11/h3-4,6,13-14H,2,5H2,1H3,(H2,12,17). The molecular formula is C10H14FN3O2S2. The normalized spacial score (nSPS) is 11.2. The molecule has 0 fully saturated rings. The van der Waals surface area contributed by atoms with Crippen molar-refractivity contribution in [2.24, 2.45) is 5.73 Å². The Morgan fingerprint density at radius 1 is 1.50 bits per heavy atom. The second kappa shape index (κ2) is 6.07. The van der Waals surface area contributed by atoms with E-state index < -0.39 is 16.0 Å². The summed E-state index contributed by atoms with van der Waals surface area (Å²) in [6, 6.07) is 3.80. The molecule has 0 spiro atoms. The monoisotopic (exact) mass is 291 g/mol. The number of hydrogen-bond donors (Lipinski definition) is 3. The molecule has 100 valence electrons. The highest BCUT2D eigenvalue weighted by atomic mass is 32.2. The van der Waals surface area contributed by atoms with Gasteiger partial charge < -0.3 is 5.73 Å². The lowest BCUT2D eigenvalue weighted by Gasteiger charge is -2.10. The van der Waals surface area contributed by atoms with Gasteiger partial charge in [0.15, 0.2) is 0 Å². The van der Waals surface area contributed by atoms with E-state index >= 15 is 0 Å². The summed E-state index contributed by atoms with van der Waals surface area (Å²) in [6.45, 7) is 2.10. The molecule has 0 aliphatic heterocycles. The zero-order valence-electron chi connectivity index (χ0n) is 9.73. The zero-order chi connectivity index (χ0) is 13.8. The topological polar surface area (TPSA) is 84.2 Å². The van der Waals surface area contributed by atoms with Crippen molar-refractivity contribution in [3.8, 4) is 0 Å². The van der Waals surface area contributed by atoms with E-state index in [0.717, 1.165) is 6.07 Å². The number of nitrogens with two attached hydrogens (primary N) is 1. The average molecular weight is 291 g/mol. The van der Waals surface area contributed by atoms with Gasteiger partial charge >= 0.3 is 0 Å². The molecule has 0 atom stereocenters. The van der Waals surface area contributed by atoms with Gasteiger partial charge in [0, 0.05) is 12.1 Å². The molecule has 1 aromatic rings. The van der Waals surface area contributed by atoms with Crippen molar-refractivity contribution in [1.82, 2.24) is 4.72 Å². The lowest BCUT2D eigenvalue weighted by molar-refractivity contribution is 0.584. The Balaban J connectivity index is 2.89. The number of benzene rings is 1. The third kappa shape index (κ3) is 4.21. The number of hydrogen-bond acceptors (Lipinski definition) is 3. The zero-order valence-corrected chi connectivity index (χ0v) is 11.4. The van der Waals surface area contributed by atoms with E-state index in [0.29, 0.717) is 12.0 Å². The van der Waals surface area contributed by atoms with Gasteiger partial charge in [-0.2, -0.15) is 13.1 Å². The van der Waals surface area contributed by atoms with Crippen molar-refractivity contribution in [2.45, 2.75) is 13.3 Å². The van der Waals surface area contributed by atoms with Gasteiger partial charge in [-0.1, -0.05) is 19.1 Å². The number of thiocarbonyl (C=S) groups is 1. The Hall–Kier alpha value is -1.25. The Labute approximate surface area is 111 Å². The van der Waals surface area contributed by atoms with Gasteiger partial charge in [0.05, 0.1) is 5.69 Å². The summed E-state index contributed by atoms with van der Waals surface area (Å²) < 4.78 is 40.9. The van der Waals surface area contributed by atoms with E-state index in [1.807, 2.05) is 6.92 Å². The van der Waals surface area contributed by atoms with Crippen molar-refractivity contribution >= 4 is 33.1 Å². The van der Waals surface area contributed by atoms with E-state index in [-0.39, 0.29) is 17.2 Å². The van der Waals surface area contributed by atoms with Crippen LogP contribution in [0.2, 0.25) is 0 Å². The van der Waals surface area contributed by atoms with Crippen molar-refractivity contribution in [2.75, 3.05) is 11.3 Å². The summed E-state index contributed by atoms with van der Waals surface area (Å²) >= 11 is 4.69. The summed E-state index contributed by atoms with van der Waals surface area (Å²) in [5.74, 6) is -0.734. The third-order valence-corrected chi connectivity index (χ3v) is 3.35. The van der Waals surface area contributed by atoms with Crippen molar-refractivity contribution in [3.05, 3.63) is 29.6 Å². The van der Waals surface area contributed by atoms with E-state index in [2.05, 4.69) is 9.44 Å². The molecule has 5 nitrogen and oxygen atoms in total. The second-order valence-electron chi connectivity index (χ2n) is 3.56. The third-order valence-electron chi connectivity index (χ3n) is 2.04. The Kier molecular flexibility index (Phi) is 5.00. The molecule has 0 aromatic heterocycles. The molecule has 1 rings (SSSR count). The maximum absolute atomic E-state index is 13.6. The largest absolute Gasteiger partial charge is 0.389 e. The molecule has 0 saturated carbocycles. The number of nitrogens with one attached hydrogen (secondary N) is 2. The molecule has 4 N–H and O–H groups in total. The van der Waals surface area contributed by atoms with Gasteiger partial charge in [0.1, 0.15) is 10.8 Å². The quantitative estimate of drug-likeness (QED) is 0.686. The first-order valence-corrected chi connectivity index (χ1v) is 7.11. The van der Waals surface area contributed by atoms with Crippen LogP contribution < -0.4 is 15.2 Å². The first kappa shape index (κ1) is 14.8. The fourth-order valence-corrected chi connectivity index (χ4v) is 2.30. The van der Waals surface area contributed by atoms with Crippen LogP contribution in [0.1, 0.15) is 18.9 Å². The molecule has 0 radical (unpaired) electrons. The van der Waals surface area contributed by atoms with Crippen LogP contribution in [-0.4, -0.2) is 20.0 Å². The maximum Gasteiger partial charge on any atom is 0.299 e. The molecule has 0 unspecified atom stereocenters. The fraction of sp³-hybridized carbons (Fsp3) is 0.300. The van der Waals surface area contributed by atoms with E-state index in [1.54, 1.807) is 0 Å². The van der Waals surface area contributed by atoms with Gasteiger partial charge in [-0.15, -0.1) is 0 Å². The summed E-state index contributed by atoms with van der Waals surface area (Å²) in [6.07, 6.45) is 0.643. The average Bonchev–Trinajstić information content (AvgIpc) is 2.29. The fourth-order valence-electron chi connectivity index (χ4n) is 1.17. The molecule has 18 heavy (non-hydrogen) atoms. The van der Waals surface area contributed by atoms with Crippen LogP contribution in [0.5, 0.6) is 0 Å². The highest BCUT2D eigenvalue weighted by Gasteiger charge is 2.12. The second-order valence-corrected chi connectivity index (χ2v) is 5.50. The summed E-state index contributed by atoms with van der Waals surface area (Å²) in [7, 11) is -3.76. The Morgan fingerprint density at radius 3 is 2.67 bits per heavy atom. The molecule has 0 heterocycles. The van der Waals surface area contributed by atoms with Crippen molar-refractivity contribution in [1.29, 1.82) is 0 Å². The van der Waals surface area contributed by atoms with E-state index in [1.165, 1.54) is 12.1 Å². The van der Waals surface area contributed by atoms with Crippen LogP contribution in [0, 0.1) is 5.82 Å². The van der Waals surface area contributed by atoms with Crippen LogP contribution in [-0.2, 0) is 10.2 Å². The first-order valence-electron chi connectivity index (χ1n) is 5.22. The van der Waals surface area contributed by atoms with Gasteiger partial charge in [-0.3, -0.25) is 4.72 Å². The van der Waals surface area contributed by atoms with Crippen LogP contribution in [0.4, 0.5) is 10.1 Å². The molecule has 0 amide bonds. The summed E-state index contributed by atoms with van der Waals surface area (Å²) in [4.78, 5) is 0.0485.